The van der Waals surface area contributed by atoms with Crippen molar-refractivity contribution in [3.8, 4) is 0 Å². The molecule has 2 unspecified atom stereocenters. The lowest BCUT2D eigenvalue weighted by Gasteiger charge is -2.38. The second kappa shape index (κ2) is 6.74. The van der Waals surface area contributed by atoms with Crippen LogP contribution in [0.2, 0.25) is 0 Å². The molecule has 1 aliphatic heterocycles. The number of piperidine rings is 1. The molecular formula is C13H23NO3. The first kappa shape index (κ1) is 14.2. The highest BCUT2D eigenvalue weighted by molar-refractivity contribution is 5.83. The van der Waals surface area contributed by atoms with Crippen LogP contribution in [-0.4, -0.2) is 41.9 Å². The van der Waals surface area contributed by atoms with Gasteiger partial charge in [0.15, 0.2) is 0 Å². The summed E-state index contributed by atoms with van der Waals surface area (Å²) in [5, 5.41) is 0. The van der Waals surface area contributed by atoms with Gasteiger partial charge in [-0.3, -0.25) is 14.5 Å². The molecule has 4 nitrogen and oxygen atoms in total. The molecule has 98 valence electrons. The summed E-state index contributed by atoms with van der Waals surface area (Å²) in [4.78, 5) is 25.5. The molecule has 1 aliphatic rings. The van der Waals surface area contributed by atoms with Crippen LogP contribution in [0.25, 0.3) is 0 Å². The number of ether oxygens (including phenoxy) is 1. The minimum Gasteiger partial charge on any atom is -0.465 e. The molecule has 1 rings (SSSR count). The van der Waals surface area contributed by atoms with Gasteiger partial charge in [0.05, 0.1) is 12.6 Å². The van der Waals surface area contributed by atoms with Crippen LogP contribution < -0.4 is 0 Å². The van der Waals surface area contributed by atoms with E-state index in [-0.39, 0.29) is 23.8 Å². The van der Waals surface area contributed by atoms with E-state index >= 15 is 0 Å². The first-order chi connectivity index (χ1) is 8.11. The lowest BCUT2D eigenvalue weighted by atomic mass is 9.96. The van der Waals surface area contributed by atoms with Crippen LogP contribution in [0.3, 0.4) is 0 Å². The highest BCUT2D eigenvalue weighted by Crippen LogP contribution is 2.22. The summed E-state index contributed by atoms with van der Waals surface area (Å²) in [5.41, 5.74) is 0. The second-order valence-corrected chi connectivity index (χ2v) is 4.54. The van der Waals surface area contributed by atoms with Gasteiger partial charge in [0.2, 0.25) is 0 Å². The monoisotopic (exact) mass is 241 g/mol. The van der Waals surface area contributed by atoms with Crippen LogP contribution in [-0.2, 0) is 14.3 Å². The van der Waals surface area contributed by atoms with Crippen molar-refractivity contribution in [1.29, 1.82) is 0 Å². The minimum absolute atomic E-state index is 0.0990. The van der Waals surface area contributed by atoms with Crippen LogP contribution in [0.5, 0.6) is 0 Å². The number of esters is 1. The van der Waals surface area contributed by atoms with E-state index in [1.165, 1.54) is 0 Å². The quantitative estimate of drug-likeness (QED) is 0.688. The SMILES string of the molecule is CCOC(=O)C(CC)N1CCCCC1C(C)=O. The van der Waals surface area contributed by atoms with E-state index in [2.05, 4.69) is 0 Å². The fraction of sp³-hybridized carbons (Fsp3) is 0.846. The van der Waals surface area contributed by atoms with Gasteiger partial charge in [-0.15, -0.1) is 0 Å². The molecule has 4 heteroatoms. The van der Waals surface area contributed by atoms with Gasteiger partial charge in [0, 0.05) is 0 Å². The van der Waals surface area contributed by atoms with Gasteiger partial charge >= 0.3 is 5.97 Å². The van der Waals surface area contributed by atoms with Crippen molar-refractivity contribution in [2.24, 2.45) is 0 Å². The molecule has 2 atom stereocenters. The molecule has 0 N–H and O–H groups in total. The fourth-order valence-electron chi connectivity index (χ4n) is 2.54. The molecule has 0 aliphatic carbocycles. The van der Waals surface area contributed by atoms with Gasteiger partial charge in [0.1, 0.15) is 11.8 Å². The highest BCUT2D eigenvalue weighted by atomic mass is 16.5. The summed E-state index contributed by atoms with van der Waals surface area (Å²) in [7, 11) is 0. The van der Waals surface area contributed by atoms with Gasteiger partial charge in [-0.25, -0.2) is 0 Å². The zero-order valence-electron chi connectivity index (χ0n) is 11.1. The average Bonchev–Trinajstić information content (AvgIpc) is 2.31. The molecule has 0 aromatic rings. The number of carbonyl (C=O) groups excluding carboxylic acids is 2. The highest BCUT2D eigenvalue weighted by Gasteiger charge is 2.34. The normalized spacial score (nSPS) is 23.1. The van der Waals surface area contributed by atoms with Crippen LogP contribution in [0.1, 0.15) is 46.5 Å². The predicted molar refractivity (Wildman–Crippen MR) is 65.7 cm³/mol. The standard InChI is InChI=1S/C13H23NO3/c1-4-11(13(16)17-5-2)14-9-7-6-8-12(14)10(3)15/h11-12H,4-9H2,1-3H3. The van der Waals surface area contributed by atoms with Gasteiger partial charge in [-0.2, -0.15) is 0 Å². The molecule has 0 spiro atoms. The summed E-state index contributed by atoms with van der Waals surface area (Å²) >= 11 is 0. The van der Waals surface area contributed by atoms with Crippen molar-refractivity contribution in [2.45, 2.75) is 58.5 Å². The van der Waals surface area contributed by atoms with E-state index in [0.29, 0.717) is 13.0 Å². The smallest absolute Gasteiger partial charge is 0.323 e. The van der Waals surface area contributed by atoms with Gasteiger partial charge in [-0.1, -0.05) is 13.3 Å². The van der Waals surface area contributed by atoms with E-state index < -0.39 is 0 Å². The Hall–Kier alpha value is -0.900. The van der Waals surface area contributed by atoms with Crippen molar-refractivity contribution < 1.29 is 14.3 Å². The molecule has 1 fully saturated rings. The van der Waals surface area contributed by atoms with Crippen LogP contribution in [0.15, 0.2) is 0 Å². The summed E-state index contributed by atoms with van der Waals surface area (Å²) < 4.78 is 5.08. The molecule has 0 aromatic heterocycles. The Labute approximate surface area is 103 Å². The second-order valence-electron chi connectivity index (χ2n) is 4.54. The van der Waals surface area contributed by atoms with Crippen LogP contribution in [0, 0.1) is 0 Å². The molecule has 1 heterocycles. The van der Waals surface area contributed by atoms with E-state index in [1.54, 1.807) is 6.92 Å². The molecule has 0 aromatic carbocycles. The zero-order chi connectivity index (χ0) is 12.8. The van der Waals surface area contributed by atoms with Crippen molar-refractivity contribution in [1.82, 2.24) is 4.90 Å². The molecular weight excluding hydrogens is 218 g/mol. The molecule has 0 saturated carbocycles. The van der Waals surface area contributed by atoms with Crippen molar-refractivity contribution in [3.63, 3.8) is 0 Å². The third-order valence-corrected chi connectivity index (χ3v) is 3.36. The summed E-state index contributed by atoms with van der Waals surface area (Å²) in [5.74, 6) is -0.0319. The number of likely N-dealkylation sites (tertiary alicyclic amines) is 1. The first-order valence-electron chi connectivity index (χ1n) is 6.54. The molecule has 17 heavy (non-hydrogen) atoms. The molecule has 0 amide bonds. The van der Waals surface area contributed by atoms with Crippen molar-refractivity contribution in [3.05, 3.63) is 0 Å². The van der Waals surface area contributed by atoms with E-state index in [0.717, 1.165) is 25.8 Å². The average molecular weight is 241 g/mol. The zero-order valence-corrected chi connectivity index (χ0v) is 11.1. The topological polar surface area (TPSA) is 46.6 Å². The Balaban J connectivity index is 2.76. The van der Waals surface area contributed by atoms with E-state index in [1.807, 2.05) is 18.7 Å². The minimum atomic E-state index is -0.260. The third kappa shape index (κ3) is 3.53. The predicted octanol–water partition coefficient (Wildman–Crippen LogP) is 1.77. The summed E-state index contributed by atoms with van der Waals surface area (Å²) in [6.07, 6.45) is 3.69. The largest absolute Gasteiger partial charge is 0.465 e. The third-order valence-electron chi connectivity index (χ3n) is 3.36. The van der Waals surface area contributed by atoms with Crippen LogP contribution >= 0.6 is 0 Å². The Kier molecular flexibility index (Phi) is 5.62. The number of ketones is 1. The first-order valence-corrected chi connectivity index (χ1v) is 6.54. The molecule has 0 bridgehead atoms. The molecule has 1 saturated heterocycles. The Morgan fingerprint density at radius 1 is 1.35 bits per heavy atom. The summed E-state index contributed by atoms with van der Waals surface area (Å²) in [6, 6.07) is -0.359. The number of rotatable bonds is 5. The van der Waals surface area contributed by atoms with Gasteiger partial charge in [-0.05, 0) is 39.7 Å². The molecule has 0 radical (unpaired) electrons. The van der Waals surface area contributed by atoms with E-state index in [9.17, 15) is 9.59 Å². The number of carbonyl (C=O) groups is 2. The maximum atomic E-state index is 11.9. The maximum Gasteiger partial charge on any atom is 0.323 e. The Morgan fingerprint density at radius 3 is 2.59 bits per heavy atom. The van der Waals surface area contributed by atoms with Crippen molar-refractivity contribution >= 4 is 11.8 Å². The number of hydrogen-bond acceptors (Lipinski definition) is 4. The number of nitrogens with zero attached hydrogens (tertiary/aromatic N) is 1. The van der Waals surface area contributed by atoms with Gasteiger partial charge in [0.25, 0.3) is 0 Å². The van der Waals surface area contributed by atoms with Gasteiger partial charge < -0.3 is 4.74 Å². The maximum absolute atomic E-state index is 11.9. The van der Waals surface area contributed by atoms with E-state index in [4.69, 9.17) is 4.74 Å². The lowest BCUT2D eigenvalue weighted by Crippen LogP contribution is -2.52. The van der Waals surface area contributed by atoms with Crippen molar-refractivity contribution in [2.75, 3.05) is 13.2 Å². The Bertz CT molecular complexity index is 278. The van der Waals surface area contributed by atoms with Crippen LogP contribution in [0.4, 0.5) is 0 Å². The fourth-order valence-corrected chi connectivity index (χ4v) is 2.54. The number of Topliss-reactive ketones (excluding diaryl/α,β-unsaturated/α-hetero) is 1. The summed E-state index contributed by atoms with van der Waals surface area (Å²) in [6.45, 7) is 6.60. The lowest BCUT2D eigenvalue weighted by molar-refractivity contribution is -0.152. The number of hydrogen-bond donors (Lipinski definition) is 0. The Morgan fingerprint density at radius 2 is 2.06 bits per heavy atom.